The second-order valence-electron chi connectivity index (χ2n) is 10.8. The minimum Gasteiger partial charge on any atom is -0.456 e. The molecule has 40 heavy (non-hydrogen) atoms. The highest BCUT2D eigenvalue weighted by atomic mass is 19.4. The predicted molar refractivity (Wildman–Crippen MR) is 132 cm³/mol. The van der Waals surface area contributed by atoms with Gasteiger partial charge in [-0.2, -0.15) is 26.3 Å². The zero-order chi connectivity index (χ0) is 29.0. The maximum absolute atomic E-state index is 13.5. The number of esters is 1. The number of carbonyl (C=O) groups excluding carboxylic acids is 1. The number of likely N-dealkylation sites (tertiary alicyclic amines) is 1. The summed E-state index contributed by atoms with van der Waals surface area (Å²) in [4.78, 5) is 13.4. The van der Waals surface area contributed by atoms with Crippen molar-refractivity contribution in [3.05, 3.63) is 82.1 Å². The minimum absolute atomic E-state index is 0.0248. The Bertz CT molecular complexity index is 1270. The fourth-order valence-electron chi connectivity index (χ4n) is 6.39. The molecule has 2 aromatic rings. The van der Waals surface area contributed by atoms with E-state index in [0.29, 0.717) is 37.2 Å². The van der Waals surface area contributed by atoms with E-state index in [1.807, 2.05) is 31.2 Å². The number of rotatable bonds is 5. The third-order valence-corrected chi connectivity index (χ3v) is 8.30. The molecule has 216 valence electrons. The molecule has 2 aromatic carbocycles. The van der Waals surface area contributed by atoms with Gasteiger partial charge in [0.05, 0.1) is 29.0 Å². The highest BCUT2D eigenvalue weighted by Gasteiger charge is 2.52. The Labute approximate surface area is 227 Å². The molecule has 2 fully saturated rings. The summed E-state index contributed by atoms with van der Waals surface area (Å²) in [7, 11) is 0. The molecular weight excluding hydrogens is 540 g/mol. The van der Waals surface area contributed by atoms with Gasteiger partial charge in [0.15, 0.2) is 0 Å². The number of aliphatic hydroxyl groups excluding tert-OH is 1. The number of hydrogen-bond donors (Lipinski definition) is 1. The number of aryl methyl sites for hydroxylation is 1. The maximum atomic E-state index is 13.5. The number of ether oxygens (including phenoxy) is 2. The number of cyclic esters (lactones) is 1. The Hall–Kier alpha value is -3.05. The van der Waals surface area contributed by atoms with E-state index in [1.165, 1.54) is 13.0 Å². The van der Waals surface area contributed by atoms with Gasteiger partial charge >= 0.3 is 18.3 Å². The average molecular weight is 570 g/mol. The van der Waals surface area contributed by atoms with Crippen LogP contribution in [0.1, 0.15) is 59.6 Å². The highest BCUT2D eigenvalue weighted by Crippen LogP contribution is 2.51. The third kappa shape index (κ3) is 5.45. The van der Waals surface area contributed by atoms with Crippen LogP contribution >= 0.6 is 0 Å². The summed E-state index contributed by atoms with van der Waals surface area (Å²) in [5.74, 6) is -1.21. The number of nitrogens with zero attached hydrogens (tertiary/aromatic N) is 1. The van der Waals surface area contributed by atoms with Crippen molar-refractivity contribution in [2.24, 2.45) is 11.8 Å². The number of hydrogen-bond acceptors (Lipinski definition) is 5. The second kappa shape index (κ2) is 10.4. The normalized spacial score (nSPS) is 27.8. The summed E-state index contributed by atoms with van der Waals surface area (Å²) in [6.07, 6.45) is -10.1. The van der Waals surface area contributed by atoms with E-state index in [9.17, 15) is 36.2 Å². The zero-order valence-corrected chi connectivity index (χ0v) is 21.8. The molecule has 0 bridgehead atoms. The van der Waals surface area contributed by atoms with Crippen LogP contribution in [0.4, 0.5) is 26.3 Å². The Morgan fingerprint density at radius 3 is 2.25 bits per heavy atom. The number of carbonyl (C=O) groups is 1. The van der Waals surface area contributed by atoms with Crippen LogP contribution in [0.15, 0.2) is 54.2 Å². The van der Waals surface area contributed by atoms with Crippen molar-refractivity contribution in [2.45, 2.75) is 63.4 Å². The Kier molecular flexibility index (Phi) is 7.41. The van der Waals surface area contributed by atoms with Crippen molar-refractivity contribution in [2.75, 3.05) is 13.2 Å². The molecule has 1 unspecified atom stereocenters. The molecule has 6 atom stereocenters. The molecular formula is C29H29F6NO4. The largest absolute Gasteiger partial charge is 0.456 e. The molecule has 0 aromatic heterocycles. The number of alkyl halides is 6. The van der Waals surface area contributed by atoms with E-state index in [1.54, 1.807) is 4.90 Å². The summed E-state index contributed by atoms with van der Waals surface area (Å²) in [5, 5.41) is 11.5. The average Bonchev–Trinajstić information content (AvgIpc) is 3.46. The van der Waals surface area contributed by atoms with E-state index < -0.39 is 53.8 Å². The van der Waals surface area contributed by atoms with Gasteiger partial charge in [0, 0.05) is 24.5 Å². The monoisotopic (exact) mass is 569 g/mol. The minimum atomic E-state index is -4.96. The first-order chi connectivity index (χ1) is 18.7. The summed E-state index contributed by atoms with van der Waals surface area (Å²) < 4.78 is 92.3. The number of benzene rings is 2. The van der Waals surface area contributed by atoms with Crippen molar-refractivity contribution in [1.82, 2.24) is 4.90 Å². The van der Waals surface area contributed by atoms with Crippen LogP contribution in [0.3, 0.4) is 0 Å². The molecule has 5 rings (SSSR count). The lowest BCUT2D eigenvalue weighted by Crippen LogP contribution is -2.42. The number of halogens is 6. The molecule has 11 heteroatoms. The molecule has 0 radical (unpaired) electrons. The van der Waals surface area contributed by atoms with Crippen LogP contribution in [0.5, 0.6) is 0 Å². The Balaban J connectivity index is 1.49. The Morgan fingerprint density at radius 2 is 1.68 bits per heavy atom. The smallest absolute Gasteiger partial charge is 0.416 e. The van der Waals surface area contributed by atoms with Gasteiger partial charge in [0.1, 0.15) is 12.8 Å². The highest BCUT2D eigenvalue weighted by molar-refractivity contribution is 5.85. The van der Waals surface area contributed by atoms with Crippen LogP contribution in [-0.2, 0) is 26.6 Å². The first-order valence-corrected chi connectivity index (χ1v) is 13.1. The molecule has 2 heterocycles. The predicted octanol–water partition coefficient (Wildman–Crippen LogP) is 6.36. The summed E-state index contributed by atoms with van der Waals surface area (Å²) in [6.45, 7) is 3.90. The lowest BCUT2D eigenvalue weighted by atomic mass is 9.68. The van der Waals surface area contributed by atoms with Crippen molar-refractivity contribution < 1.29 is 45.7 Å². The quantitative estimate of drug-likeness (QED) is 0.335. The van der Waals surface area contributed by atoms with Gasteiger partial charge in [-0.1, -0.05) is 24.3 Å². The summed E-state index contributed by atoms with van der Waals surface area (Å²) in [5.41, 5.74) is -0.621. The van der Waals surface area contributed by atoms with Gasteiger partial charge in [0.25, 0.3) is 0 Å². The molecule has 1 saturated carbocycles. The first kappa shape index (κ1) is 28.5. The molecule has 3 aliphatic rings. The van der Waals surface area contributed by atoms with E-state index in [2.05, 4.69) is 0 Å². The zero-order valence-electron chi connectivity index (χ0n) is 21.8. The molecule has 0 spiro atoms. The molecule has 1 saturated heterocycles. The fraction of sp³-hybridized carbons (Fsp3) is 0.483. The lowest BCUT2D eigenvalue weighted by molar-refractivity contribution is -0.143. The molecule has 5 nitrogen and oxygen atoms in total. The standard InChI is InChI=1S/C29H29F6NO4/c1-15-5-3-4-6-22(15)26-23(8-7-17-13-36(27(38)25(17)26)21-12-24(37)39-14-21)40-16(2)18-9-19(28(30,31)32)11-20(10-18)29(33,34)35/h3-6,9-12,16-17,23,25-27,38H,7-8,13-14H2,1-2H3/t16-,17-,23+,25-,26-,27?/m1/s1. The van der Waals surface area contributed by atoms with Crippen LogP contribution in [0.2, 0.25) is 0 Å². The number of fused-ring (bicyclic) bond motifs is 1. The fourth-order valence-corrected chi connectivity index (χ4v) is 6.39. The van der Waals surface area contributed by atoms with Gasteiger partial charge in [-0.05, 0) is 67.5 Å². The van der Waals surface area contributed by atoms with E-state index in [4.69, 9.17) is 9.47 Å². The van der Waals surface area contributed by atoms with Gasteiger partial charge < -0.3 is 19.5 Å². The number of aliphatic hydroxyl groups is 1. The van der Waals surface area contributed by atoms with Crippen LogP contribution < -0.4 is 0 Å². The third-order valence-electron chi connectivity index (χ3n) is 8.30. The SMILES string of the molecule is Cc1ccccc1[C@H]1[C@@H]2C(O)N(C3=CC(=O)OC3)C[C@H]2CC[C@@H]1O[C@H](C)c1cc(C(F)(F)F)cc(C(F)(F)F)c1. The van der Waals surface area contributed by atoms with Crippen LogP contribution in [0, 0.1) is 18.8 Å². The van der Waals surface area contributed by atoms with Gasteiger partial charge in [0.2, 0.25) is 0 Å². The summed E-state index contributed by atoms with van der Waals surface area (Å²) in [6, 6.07) is 9.03. The van der Waals surface area contributed by atoms with Crippen molar-refractivity contribution >= 4 is 5.97 Å². The molecule has 1 aliphatic carbocycles. The van der Waals surface area contributed by atoms with Gasteiger partial charge in [-0.3, -0.25) is 0 Å². The van der Waals surface area contributed by atoms with Gasteiger partial charge in [-0.25, -0.2) is 4.79 Å². The van der Waals surface area contributed by atoms with Crippen molar-refractivity contribution in [1.29, 1.82) is 0 Å². The van der Waals surface area contributed by atoms with Gasteiger partial charge in [-0.15, -0.1) is 0 Å². The molecule has 2 aliphatic heterocycles. The topological polar surface area (TPSA) is 59.0 Å². The lowest BCUT2D eigenvalue weighted by Gasteiger charge is -2.42. The maximum Gasteiger partial charge on any atom is 0.416 e. The van der Waals surface area contributed by atoms with Crippen molar-refractivity contribution in [3.63, 3.8) is 0 Å². The van der Waals surface area contributed by atoms with E-state index >= 15 is 0 Å². The molecule has 1 N–H and O–H groups in total. The van der Waals surface area contributed by atoms with Crippen LogP contribution in [0.25, 0.3) is 0 Å². The first-order valence-electron chi connectivity index (χ1n) is 13.1. The summed E-state index contributed by atoms with van der Waals surface area (Å²) >= 11 is 0. The second-order valence-corrected chi connectivity index (χ2v) is 10.8. The van der Waals surface area contributed by atoms with Crippen LogP contribution in [-0.4, -0.2) is 41.5 Å². The van der Waals surface area contributed by atoms with E-state index in [0.717, 1.165) is 11.1 Å². The van der Waals surface area contributed by atoms with Crippen molar-refractivity contribution in [3.8, 4) is 0 Å². The molecule has 0 amide bonds. The van der Waals surface area contributed by atoms with E-state index in [-0.39, 0.29) is 30.1 Å². The Morgan fingerprint density at radius 1 is 1.02 bits per heavy atom.